The highest BCUT2D eigenvalue weighted by atomic mass is 16.6. The van der Waals surface area contributed by atoms with Gasteiger partial charge in [-0.3, -0.25) is 9.69 Å². The molecule has 1 fully saturated rings. The molecule has 152 valence electrons. The van der Waals surface area contributed by atoms with Gasteiger partial charge in [-0.05, 0) is 41.2 Å². The monoisotopic (exact) mass is 394 g/mol. The number of ether oxygens (including phenoxy) is 2. The van der Waals surface area contributed by atoms with Gasteiger partial charge in [-0.2, -0.15) is 0 Å². The second kappa shape index (κ2) is 6.79. The quantitative estimate of drug-likeness (QED) is 0.806. The van der Waals surface area contributed by atoms with E-state index in [4.69, 9.17) is 9.47 Å². The van der Waals surface area contributed by atoms with Gasteiger partial charge >= 0.3 is 6.03 Å². The molecule has 0 spiro atoms. The van der Waals surface area contributed by atoms with Gasteiger partial charge in [-0.15, -0.1) is 0 Å². The zero-order valence-corrected chi connectivity index (χ0v) is 17.2. The standard InChI is InChI=1S/C23H26N2O4/c1-22(2,3)16-7-5-15(6-8-16)14-25-20(26)23(4,24-21(25)27)17-9-10-18-19(13-17)29-12-11-28-18/h5-10,13H,11-12,14H2,1-4H3,(H,24,27)/t23-/m1/s1. The first-order valence-electron chi connectivity index (χ1n) is 9.82. The van der Waals surface area contributed by atoms with Crippen LogP contribution >= 0.6 is 0 Å². The Labute approximate surface area is 170 Å². The molecule has 1 saturated heterocycles. The highest BCUT2D eigenvalue weighted by Crippen LogP contribution is 2.37. The summed E-state index contributed by atoms with van der Waals surface area (Å²) in [6.07, 6.45) is 0. The lowest BCUT2D eigenvalue weighted by molar-refractivity contribution is -0.131. The maximum Gasteiger partial charge on any atom is 0.325 e. The zero-order valence-electron chi connectivity index (χ0n) is 17.2. The van der Waals surface area contributed by atoms with E-state index in [0.29, 0.717) is 30.3 Å². The van der Waals surface area contributed by atoms with E-state index in [1.807, 2.05) is 24.3 Å². The van der Waals surface area contributed by atoms with Crippen molar-refractivity contribution in [3.63, 3.8) is 0 Å². The Morgan fingerprint density at radius 2 is 1.66 bits per heavy atom. The number of fused-ring (bicyclic) bond motifs is 1. The Morgan fingerprint density at radius 1 is 1.00 bits per heavy atom. The molecule has 6 heteroatoms. The summed E-state index contributed by atoms with van der Waals surface area (Å²) in [5.74, 6) is 0.962. The topological polar surface area (TPSA) is 67.9 Å². The van der Waals surface area contributed by atoms with Gasteiger partial charge in [0.05, 0.1) is 6.54 Å². The molecule has 0 bridgehead atoms. The lowest BCUT2D eigenvalue weighted by Gasteiger charge is -2.25. The van der Waals surface area contributed by atoms with E-state index in [9.17, 15) is 9.59 Å². The van der Waals surface area contributed by atoms with Gasteiger partial charge in [0.25, 0.3) is 5.91 Å². The second-order valence-corrected chi connectivity index (χ2v) is 8.75. The van der Waals surface area contributed by atoms with E-state index in [2.05, 4.69) is 26.1 Å². The van der Waals surface area contributed by atoms with Gasteiger partial charge in [-0.1, -0.05) is 51.1 Å². The normalized spacial score (nSPS) is 21.3. The average molecular weight is 394 g/mol. The van der Waals surface area contributed by atoms with Crippen molar-refractivity contribution < 1.29 is 19.1 Å². The summed E-state index contributed by atoms with van der Waals surface area (Å²) in [6, 6.07) is 13.0. The van der Waals surface area contributed by atoms with Crippen LogP contribution in [0.2, 0.25) is 0 Å². The van der Waals surface area contributed by atoms with Gasteiger partial charge in [0, 0.05) is 0 Å². The number of carbonyl (C=O) groups is 2. The lowest BCUT2D eigenvalue weighted by atomic mass is 9.86. The Kier molecular flexibility index (Phi) is 4.52. The molecule has 1 N–H and O–H groups in total. The Hall–Kier alpha value is -3.02. The smallest absolute Gasteiger partial charge is 0.325 e. The fourth-order valence-corrected chi connectivity index (χ4v) is 3.68. The van der Waals surface area contributed by atoms with Crippen molar-refractivity contribution in [1.82, 2.24) is 10.2 Å². The number of nitrogens with zero attached hydrogens (tertiary/aromatic N) is 1. The molecule has 0 unspecified atom stereocenters. The first-order chi connectivity index (χ1) is 13.7. The van der Waals surface area contributed by atoms with E-state index in [1.165, 1.54) is 10.5 Å². The van der Waals surface area contributed by atoms with Crippen molar-refractivity contribution in [1.29, 1.82) is 0 Å². The zero-order chi connectivity index (χ0) is 20.8. The first-order valence-corrected chi connectivity index (χ1v) is 9.82. The molecule has 0 aromatic heterocycles. The van der Waals surface area contributed by atoms with Gasteiger partial charge in [-0.25, -0.2) is 4.79 Å². The Morgan fingerprint density at radius 3 is 2.31 bits per heavy atom. The van der Waals surface area contributed by atoms with Crippen LogP contribution in [0.1, 0.15) is 44.4 Å². The van der Waals surface area contributed by atoms with E-state index in [-0.39, 0.29) is 17.9 Å². The van der Waals surface area contributed by atoms with Crippen molar-refractivity contribution in [2.75, 3.05) is 13.2 Å². The minimum Gasteiger partial charge on any atom is -0.486 e. The third kappa shape index (κ3) is 3.43. The second-order valence-electron chi connectivity index (χ2n) is 8.75. The number of nitrogens with one attached hydrogen (secondary N) is 1. The van der Waals surface area contributed by atoms with Crippen LogP contribution in [-0.4, -0.2) is 30.1 Å². The summed E-state index contributed by atoms with van der Waals surface area (Å²) in [5.41, 5.74) is 1.70. The maximum atomic E-state index is 13.2. The molecule has 0 aliphatic carbocycles. The Bertz CT molecular complexity index is 962. The van der Waals surface area contributed by atoms with Crippen molar-refractivity contribution in [2.24, 2.45) is 0 Å². The predicted octanol–water partition coefficient (Wildman–Crippen LogP) is 3.72. The molecule has 2 heterocycles. The molecule has 0 radical (unpaired) electrons. The molecule has 2 aromatic rings. The van der Waals surface area contributed by atoms with Crippen LogP contribution in [0.4, 0.5) is 4.79 Å². The summed E-state index contributed by atoms with van der Waals surface area (Å²) in [7, 11) is 0. The van der Waals surface area contributed by atoms with E-state index in [0.717, 1.165) is 5.56 Å². The molecule has 2 aliphatic heterocycles. The third-order valence-corrected chi connectivity index (χ3v) is 5.56. The van der Waals surface area contributed by atoms with Crippen molar-refractivity contribution in [3.05, 3.63) is 59.2 Å². The molecule has 2 aromatic carbocycles. The Balaban J connectivity index is 1.57. The van der Waals surface area contributed by atoms with Crippen LogP contribution in [0.15, 0.2) is 42.5 Å². The molecule has 1 atom stereocenters. The number of carbonyl (C=O) groups excluding carboxylic acids is 2. The summed E-state index contributed by atoms with van der Waals surface area (Å²) in [6.45, 7) is 9.37. The first kappa shape index (κ1) is 19.3. The van der Waals surface area contributed by atoms with Gasteiger partial charge in [0.2, 0.25) is 0 Å². The van der Waals surface area contributed by atoms with Gasteiger partial charge in [0.1, 0.15) is 18.8 Å². The summed E-state index contributed by atoms with van der Waals surface area (Å²) in [4.78, 5) is 27.1. The lowest BCUT2D eigenvalue weighted by Crippen LogP contribution is -2.41. The highest BCUT2D eigenvalue weighted by Gasteiger charge is 2.49. The van der Waals surface area contributed by atoms with E-state index < -0.39 is 11.6 Å². The van der Waals surface area contributed by atoms with Crippen LogP contribution in [-0.2, 0) is 22.3 Å². The van der Waals surface area contributed by atoms with Crippen LogP contribution < -0.4 is 14.8 Å². The highest BCUT2D eigenvalue weighted by molar-refractivity contribution is 6.07. The summed E-state index contributed by atoms with van der Waals surface area (Å²) in [5, 5.41) is 2.85. The fourth-order valence-electron chi connectivity index (χ4n) is 3.68. The molecule has 2 aliphatic rings. The largest absolute Gasteiger partial charge is 0.486 e. The number of amides is 3. The maximum absolute atomic E-state index is 13.2. The number of rotatable bonds is 3. The predicted molar refractivity (Wildman–Crippen MR) is 109 cm³/mol. The van der Waals surface area contributed by atoms with Crippen LogP contribution in [0, 0.1) is 0 Å². The molecule has 29 heavy (non-hydrogen) atoms. The molecule has 6 nitrogen and oxygen atoms in total. The molecule has 4 rings (SSSR count). The van der Waals surface area contributed by atoms with Gasteiger partial charge in [0.15, 0.2) is 11.5 Å². The molecular weight excluding hydrogens is 368 g/mol. The fraction of sp³-hybridized carbons (Fsp3) is 0.391. The van der Waals surface area contributed by atoms with Crippen LogP contribution in [0.25, 0.3) is 0 Å². The van der Waals surface area contributed by atoms with E-state index in [1.54, 1.807) is 25.1 Å². The average Bonchev–Trinajstić information content (AvgIpc) is 2.91. The third-order valence-electron chi connectivity index (χ3n) is 5.56. The summed E-state index contributed by atoms with van der Waals surface area (Å²) >= 11 is 0. The number of benzene rings is 2. The number of urea groups is 1. The molecular formula is C23H26N2O4. The minimum atomic E-state index is -1.14. The number of imide groups is 1. The van der Waals surface area contributed by atoms with Crippen molar-refractivity contribution in [3.8, 4) is 11.5 Å². The van der Waals surface area contributed by atoms with Crippen LogP contribution in [0.3, 0.4) is 0 Å². The summed E-state index contributed by atoms with van der Waals surface area (Å²) < 4.78 is 11.2. The SMILES string of the molecule is CC(C)(C)c1ccc(CN2C(=O)N[C@](C)(c3ccc4c(c3)OCCO4)C2=O)cc1. The van der Waals surface area contributed by atoms with Crippen molar-refractivity contribution >= 4 is 11.9 Å². The number of hydrogen-bond donors (Lipinski definition) is 1. The minimum absolute atomic E-state index is 0.0518. The molecule has 0 saturated carbocycles. The van der Waals surface area contributed by atoms with Crippen LogP contribution in [0.5, 0.6) is 11.5 Å². The van der Waals surface area contributed by atoms with E-state index >= 15 is 0 Å². The number of hydrogen-bond acceptors (Lipinski definition) is 4. The van der Waals surface area contributed by atoms with Crippen molar-refractivity contribution in [2.45, 2.75) is 45.2 Å². The molecule has 3 amide bonds. The van der Waals surface area contributed by atoms with Gasteiger partial charge < -0.3 is 14.8 Å².